The van der Waals surface area contributed by atoms with E-state index in [2.05, 4.69) is 26.0 Å². The van der Waals surface area contributed by atoms with Gasteiger partial charge >= 0.3 is 0 Å². The van der Waals surface area contributed by atoms with Crippen molar-refractivity contribution in [3.8, 4) is 0 Å². The summed E-state index contributed by atoms with van der Waals surface area (Å²) in [5.74, 6) is -0.254. The molecule has 2 aromatic rings. The quantitative estimate of drug-likeness (QED) is 0.745. The van der Waals surface area contributed by atoms with Crippen LogP contribution in [-0.4, -0.2) is 27.0 Å². The number of benzene rings is 2. The molecule has 0 saturated carbocycles. The molecule has 1 heterocycles. The molecule has 1 aliphatic heterocycles. The van der Waals surface area contributed by atoms with E-state index in [1.807, 2.05) is 0 Å². The Bertz CT molecular complexity index is 907. The number of sulfonamides is 1. The summed E-state index contributed by atoms with van der Waals surface area (Å²) in [5.41, 5.74) is 1.47. The molecule has 8 heteroatoms. The van der Waals surface area contributed by atoms with E-state index in [1.165, 1.54) is 6.07 Å². The van der Waals surface area contributed by atoms with Crippen LogP contribution < -0.4 is 10.0 Å². The van der Waals surface area contributed by atoms with Gasteiger partial charge in [-0.25, -0.2) is 8.42 Å². The van der Waals surface area contributed by atoms with Gasteiger partial charge in [0.25, 0.3) is 15.9 Å². The van der Waals surface area contributed by atoms with Crippen LogP contribution >= 0.6 is 15.9 Å². The van der Waals surface area contributed by atoms with Gasteiger partial charge in [-0.3, -0.25) is 9.52 Å². The number of hydrogen-bond acceptors (Lipinski definition) is 4. The Balaban J connectivity index is 1.81. The zero-order valence-electron chi connectivity index (χ0n) is 14.2. The topological polar surface area (TPSA) is 84.5 Å². The molecule has 0 unspecified atom stereocenters. The monoisotopic (exact) mass is 438 g/mol. The van der Waals surface area contributed by atoms with Crippen molar-refractivity contribution in [1.29, 1.82) is 0 Å². The van der Waals surface area contributed by atoms with Gasteiger partial charge in [0.1, 0.15) is 6.10 Å². The summed E-state index contributed by atoms with van der Waals surface area (Å²) < 4.78 is 34.2. The summed E-state index contributed by atoms with van der Waals surface area (Å²) in [6, 6.07) is 11.7. The molecule has 138 valence electrons. The van der Waals surface area contributed by atoms with Crippen LogP contribution in [0.1, 0.15) is 18.4 Å². The van der Waals surface area contributed by atoms with Crippen molar-refractivity contribution in [2.24, 2.45) is 0 Å². The van der Waals surface area contributed by atoms with E-state index in [4.69, 9.17) is 4.74 Å². The lowest BCUT2D eigenvalue weighted by Gasteiger charge is -2.14. The highest BCUT2D eigenvalue weighted by Crippen LogP contribution is 2.24. The number of amides is 1. The van der Waals surface area contributed by atoms with Gasteiger partial charge in [-0.15, -0.1) is 0 Å². The van der Waals surface area contributed by atoms with E-state index in [-0.39, 0.29) is 10.8 Å². The van der Waals surface area contributed by atoms with E-state index in [9.17, 15) is 13.2 Å². The summed E-state index contributed by atoms with van der Waals surface area (Å²) in [5, 5.41) is 2.73. The first-order valence-electron chi connectivity index (χ1n) is 8.17. The first-order valence-corrected chi connectivity index (χ1v) is 10.4. The number of halogens is 1. The summed E-state index contributed by atoms with van der Waals surface area (Å²) in [6.07, 6.45) is 1.05. The fraction of sp³-hybridized carbons (Fsp3) is 0.278. The number of carbonyl (C=O) groups excluding carboxylic acids is 1. The van der Waals surface area contributed by atoms with E-state index in [1.54, 1.807) is 43.3 Å². The Morgan fingerprint density at radius 1 is 1.15 bits per heavy atom. The molecule has 1 amide bonds. The Morgan fingerprint density at radius 2 is 1.85 bits per heavy atom. The minimum Gasteiger partial charge on any atom is -0.368 e. The molecule has 2 aromatic carbocycles. The Kier molecular flexibility index (Phi) is 5.64. The molecule has 1 saturated heterocycles. The second-order valence-corrected chi connectivity index (χ2v) is 8.65. The summed E-state index contributed by atoms with van der Waals surface area (Å²) in [7, 11) is -3.78. The van der Waals surface area contributed by atoms with Crippen molar-refractivity contribution < 1.29 is 17.9 Å². The van der Waals surface area contributed by atoms with Crippen LogP contribution in [0.5, 0.6) is 0 Å². The van der Waals surface area contributed by atoms with Gasteiger partial charge in [-0.1, -0.05) is 22.0 Å². The molecule has 3 rings (SSSR count). The third-order valence-corrected chi connectivity index (χ3v) is 6.12. The maximum Gasteiger partial charge on any atom is 0.262 e. The van der Waals surface area contributed by atoms with E-state index >= 15 is 0 Å². The van der Waals surface area contributed by atoms with Crippen molar-refractivity contribution in [2.75, 3.05) is 16.6 Å². The summed E-state index contributed by atoms with van der Waals surface area (Å²) >= 11 is 3.31. The van der Waals surface area contributed by atoms with Gasteiger partial charge in [0.15, 0.2) is 0 Å². The average Bonchev–Trinajstić information content (AvgIpc) is 3.13. The number of nitrogens with one attached hydrogen (secondary N) is 2. The molecule has 2 N–H and O–H groups in total. The zero-order valence-corrected chi connectivity index (χ0v) is 16.6. The molecular formula is C18H19BrN2O4S. The molecule has 0 aliphatic carbocycles. The van der Waals surface area contributed by atoms with Crippen molar-refractivity contribution in [2.45, 2.75) is 30.8 Å². The molecule has 26 heavy (non-hydrogen) atoms. The normalized spacial score (nSPS) is 17.1. The maximum atomic E-state index is 12.7. The van der Waals surface area contributed by atoms with Gasteiger partial charge in [0, 0.05) is 22.5 Å². The SMILES string of the molecule is Cc1ccc(NC(=O)[C@H]2CCCO2)cc1S(=O)(=O)Nc1ccc(Br)cc1. The highest BCUT2D eigenvalue weighted by atomic mass is 79.9. The molecular weight excluding hydrogens is 420 g/mol. The van der Waals surface area contributed by atoms with Gasteiger partial charge < -0.3 is 10.1 Å². The third-order valence-electron chi connectivity index (χ3n) is 4.06. The molecule has 6 nitrogen and oxygen atoms in total. The average molecular weight is 439 g/mol. The summed E-state index contributed by atoms with van der Waals surface area (Å²) in [6.45, 7) is 2.28. The van der Waals surface area contributed by atoms with Crippen molar-refractivity contribution >= 4 is 43.2 Å². The fourth-order valence-electron chi connectivity index (χ4n) is 2.70. The number of rotatable bonds is 5. The Morgan fingerprint density at radius 3 is 2.50 bits per heavy atom. The van der Waals surface area contributed by atoms with E-state index < -0.39 is 16.1 Å². The third kappa shape index (κ3) is 4.44. The van der Waals surface area contributed by atoms with Crippen LogP contribution in [0.2, 0.25) is 0 Å². The van der Waals surface area contributed by atoms with Crippen molar-refractivity contribution in [1.82, 2.24) is 0 Å². The lowest BCUT2D eigenvalue weighted by Crippen LogP contribution is -2.27. The van der Waals surface area contributed by atoms with E-state index in [0.29, 0.717) is 30.0 Å². The molecule has 0 bridgehead atoms. The summed E-state index contributed by atoms with van der Waals surface area (Å²) in [4.78, 5) is 12.3. The van der Waals surface area contributed by atoms with Crippen LogP contribution in [0.4, 0.5) is 11.4 Å². The van der Waals surface area contributed by atoms with Crippen LogP contribution in [-0.2, 0) is 19.6 Å². The number of ether oxygens (including phenoxy) is 1. The second kappa shape index (κ2) is 7.77. The standard InChI is InChI=1S/C18H19BrN2O4S/c1-12-4-7-15(20-18(22)16-3-2-10-25-16)11-17(12)26(23,24)21-14-8-5-13(19)6-9-14/h4-9,11,16,21H,2-3,10H2,1H3,(H,20,22)/t16-/m1/s1. The second-order valence-electron chi connectivity index (χ2n) is 6.08. The maximum absolute atomic E-state index is 12.7. The molecule has 0 radical (unpaired) electrons. The molecule has 1 aliphatic rings. The molecule has 1 atom stereocenters. The Hall–Kier alpha value is -1.90. The number of aryl methyl sites for hydroxylation is 1. The van der Waals surface area contributed by atoms with Crippen LogP contribution in [0.15, 0.2) is 51.8 Å². The van der Waals surface area contributed by atoms with Crippen LogP contribution in [0, 0.1) is 6.92 Å². The zero-order chi connectivity index (χ0) is 18.7. The van der Waals surface area contributed by atoms with Gasteiger partial charge in [0.05, 0.1) is 4.90 Å². The number of hydrogen-bond donors (Lipinski definition) is 2. The minimum atomic E-state index is -3.78. The predicted molar refractivity (Wildman–Crippen MR) is 104 cm³/mol. The lowest BCUT2D eigenvalue weighted by atomic mass is 10.2. The molecule has 1 fully saturated rings. The van der Waals surface area contributed by atoms with Crippen molar-refractivity contribution in [3.63, 3.8) is 0 Å². The smallest absolute Gasteiger partial charge is 0.262 e. The molecule has 0 aromatic heterocycles. The number of carbonyl (C=O) groups is 1. The highest BCUT2D eigenvalue weighted by Gasteiger charge is 2.24. The fourth-order valence-corrected chi connectivity index (χ4v) is 4.30. The van der Waals surface area contributed by atoms with Gasteiger partial charge in [-0.2, -0.15) is 0 Å². The minimum absolute atomic E-state index is 0.116. The van der Waals surface area contributed by atoms with Gasteiger partial charge in [-0.05, 0) is 61.7 Å². The van der Waals surface area contributed by atoms with Crippen LogP contribution in [0.25, 0.3) is 0 Å². The predicted octanol–water partition coefficient (Wildman–Crippen LogP) is 3.68. The first-order chi connectivity index (χ1) is 12.3. The lowest BCUT2D eigenvalue weighted by molar-refractivity contribution is -0.124. The van der Waals surface area contributed by atoms with Crippen LogP contribution in [0.3, 0.4) is 0 Å². The number of anilines is 2. The highest BCUT2D eigenvalue weighted by molar-refractivity contribution is 9.10. The van der Waals surface area contributed by atoms with Gasteiger partial charge in [0.2, 0.25) is 0 Å². The van der Waals surface area contributed by atoms with E-state index in [0.717, 1.165) is 10.9 Å². The van der Waals surface area contributed by atoms with Crippen molar-refractivity contribution in [3.05, 3.63) is 52.5 Å². The first kappa shape index (κ1) is 18.9. The largest absolute Gasteiger partial charge is 0.368 e. The molecule has 0 spiro atoms. The Labute approximate surface area is 161 Å².